The Balaban J connectivity index is 2.50. The van der Waals surface area contributed by atoms with E-state index in [-0.39, 0.29) is 11.5 Å². The second kappa shape index (κ2) is 6.49. The number of hydrogen-bond acceptors (Lipinski definition) is 3. The van der Waals surface area contributed by atoms with E-state index in [0.29, 0.717) is 6.54 Å². The van der Waals surface area contributed by atoms with Gasteiger partial charge in [0.1, 0.15) is 11.5 Å². The predicted octanol–water partition coefficient (Wildman–Crippen LogP) is 3.64. The van der Waals surface area contributed by atoms with Gasteiger partial charge in [0.25, 0.3) is 0 Å². The van der Waals surface area contributed by atoms with Crippen molar-refractivity contribution >= 4 is 0 Å². The van der Waals surface area contributed by atoms with Gasteiger partial charge in [-0.1, -0.05) is 25.3 Å². The third-order valence-electron chi connectivity index (χ3n) is 4.30. The first-order chi connectivity index (χ1) is 9.63. The van der Waals surface area contributed by atoms with E-state index in [9.17, 15) is 0 Å². The number of ether oxygens (including phenoxy) is 2. The number of benzene rings is 1. The van der Waals surface area contributed by atoms with E-state index < -0.39 is 0 Å². The van der Waals surface area contributed by atoms with Crippen molar-refractivity contribution in [3.05, 3.63) is 23.8 Å². The maximum atomic E-state index is 6.18. The van der Waals surface area contributed by atoms with Crippen LogP contribution in [0.5, 0.6) is 11.5 Å². The molecule has 0 aliphatic heterocycles. The summed E-state index contributed by atoms with van der Waals surface area (Å²) in [5, 5.41) is 0. The van der Waals surface area contributed by atoms with Crippen LogP contribution in [0.4, 0.5) is 0 Å². The van der Waals surface area contributed by atoms with Gasteiger partial charge in [-0.2, -0.15) is 0 Å². The Hall–Kier alpha value is -1.22. The zero-order valence-corrected chi connectivity index (χ0v) is 12.9. The van der Waals surface area contributed by atoms with Crippen LogP contribution in [0.3, 0.4) is 0 Å². The minimum atomic E-state index is 0.00900. The third kappa shape index (κ3) is 2.93. The summed E-state index contributed by atoms with van der Waals surface area (Å²) in [4.78, 5) is 0. The molecule has 20 heavy (non-hydrogen) atoms. The Morgan fingerprint density at radius 1 is 1.15 bits per heavy atom. The summed E-state index contributed by atoms with van der Waals surface area (Å²) in [6, 6.07) is 6.06. The van der Waals surface area contributed by atoms with Crippen molar-refractivity contribution in [1.29, 1.82) is 0 Å². The Kier molecular flexibility index (Phi) is 4.92. The molecule has 0 unspecified atom stereocenters. The van der Waals surface area contributed by atoms with Crippen LogP contribution in [-0.4, -0.2) is 19.8 Å². The van der Waals surface area contributed by atoms with Gasteiger partial charge in [-0.25, -0.2) is 0 Å². The summed E-state index contributed by atoms with van der Waals surface area (Å²) >= 11 is 0. The molecule has 0 saturated heterocycles. The standard InChI is InChI=1S/C17H27NO2/c1-13(2)20-15-9-7-8-14(19-3)16(15)17(12-18)10-5-4-6-11-17/h7-9,13H,4-6,10-12,18H2,1-3H3. The Morgan fingerprint density at radius 3 is 2.35 bits per heavy atom. The normalized spacial score (nSPS) is 18.1. The fourth-order valence-corrected chi connectivity index (χ4v) is 3.34. The SMILES string of the molecule is COc1cccc(OC(C)C)c1C1(CN)CCCCC1. The van der Waals surface area contributed by atoms with Crippen molar-refractivity contribution in [2.24, 2.45) is 5.73 Å². The van der Waals surface area contributed by atoms with Gasteiger partial charge in [-0.15, -0.1) is 0 Å². The Morgan fingerprint density at radius 2 is 1.80 bits per heavy atom. The molecule has 1 aliphatic carbocycles. The summed E-state index contributed by atoms with van der Waals surface area (Å²) in [7, 11) is 1.73. The van der Waals surface area contributed by atoms with E-state index in [0.717, 1.165) is 24.3 Å². The van der Waals surface area contributed by atoms with Gasteiger partial charge < -0.3 is 15.2 Å². The molecular weight excluding hydrogens is 250 g/mol. The topological polar surface area (TPSA) is 44.5 Å². The van der Waals surface area contributed by atoms with Gasteiger partial charge in [0.15, 0.2) is 0 Å². The molecule has 0 aromatic heterocycles. The lowest BCUT2D eigenvalue weighted by Gasteiger charge is -2.38. The molecule has 1 fully saturated rings. The van der Waals surface area contributed by atoms with E-state index >= 15 is 0 Å². The summed E-state index contributed by atoms with van der Waals surface area (Å²) < 4.78 is 11.6. The van der Waals surface area contributed by atoms with Gasteiger partial charge in [0.2, 0.25) is 0 Å². The number of rotatable bonds is 5. The van der Waals surface area contributed by atoms with Crippen LogP contribution in [0.1, 0.15) is 51.5 Å². The summed E-state index contributed by atoms with van der Waals surface area (Å²) in [6.45, 7) is 4.76. The molecular formula is C17H27NO2. The number of methoxy groups -OCH3 is 1. The lowest BCUT2D eigenvalue weighted by Crippen LogP contribution is -2.38. The van der Waals surface area contributed by atoms with Gasteiger partial charge in [-0.3, -0.25) is 0 Å². The van der Waals surface area contributed by atoms with Crippen LogP contribution in [0.25, 0.3) is 0 Å². The lowest BCUT2D eigenvalue weighted by molar-refractivity contribution is 0.220. The molecule has 0 bridgehead atoms. The first-order valence-corrected chi connectivity index (χ1v) is 7.67. The summed E-state index contributed by atoms with van der Waals surface area (Å²) in [5.41, 5.74) is 7.37. The molecule has 1 aliphatic rings. The molecule has 0 spiro atoms. The summed E-state index contributed by atoms with van der Waals surface area (Å²) in [6.07, 6.45) is 6.17. The molecule has 0 amide bonds. The van der Waals surface area contributed by atoms with Crippen molar-refractivity contribution in [3.8, 4) is 11.5 Å². The molecule has 0 heterocycles. The highest BCUT2D eigenvalue weighted by atomic mass is 16.5. The largest absolute Gasteiger partial charge is 0.496 e. The molecule has 0 atom stereocenters. The van der Waals surface area contributed by atoms with Crippen LogP contribution in [0, 0.1) is 0 Å². The highest BCUT2D eigenvalue weighted by Gasteiger charge is 2.37. The van der Waals surface area contributed by atoms with Crippen molar-refractivity contribution in [2.75, 3.05) is 13.7 Å². The molecule has 112 valence electrons. The van der Waals surface area contributed by atoms with Gasteiger partial charge >= 0.3 is 0 Å². The molecule has 1 aromatic rings. The second-order valence-corrected chi connectivity index (χ2v) is 6.05. The average Bonchev–Trinajstić information content (AvgIpc) is 2.47. The second-order valence-electron chi connectivity index (χ2n) is 6.05. The van der Waals surface area contributed by atoms with Gasteiger partial charge in [-0.05, 0) is 38.8 Å². The highest BCUT2D eigenvalue weighted by Crippen LogP contribution is 2.47. The van der Waals surface area contributed by atoms with Crippen LogP contribution in [0.2, 0.25) is 0 Å². The van der Waals surface area contributed by atoms with Gasteiger partial charge in [0.05, 0.1) is 13.2 Å². The van der Waals surface area contributed by atoms with Crippen LogP contribution >= 0.6 is 0 Å². The monoisotopic (exact) mass is 277 g/mol. The maximum absolute atomic E-state index is 6.18. The molecule has 1 saturated carbocycles. The minimum Gasteiger partial charge on any atom is -0.496 e. The van der Waals surface area contributed by atoms with Crippen LogP contribution in [0.15, 0.2) is 18.2 Å². The van der Waals surface area contributed by atoms with Crippen molar-refractivity contribution in [3.63, 3.8) is 0 Å². The van der Waals surface area contributed by atoms with E-state index in [2.05, 4.69) is 13.8 Å². The van der Waals surface area contributed by atoms with Crippen molar-refractivity contribution in [2.45, 2.75) is 57.5 Å². The van der Waals surface area contributed by atoms with Gasteiger partial charge in [0, 0.05) is 17.5 Å². The van der Waals surface area contributed by atoms with Crippen molar-refractivity contribution < 1.29 is 9.47 Å². The zero-order valence-electron chi connectivity index (χ0n) is 12.9. The molecule has 3 heteroatoms. The Labute approximate surface area is 122 Å². The fraction of sp³-hybridized carbons (Fsp3) is 0.647. The van der Waals surface area contributed by atoms with Crippen LogP contribution in [-0.2, 0) is 5.41 Å². The number of hydrogen-bond donors (Lipinski definition) is 1. The lowest BCUT2D eigenvalue weighted by atomic mass is 9.69. The third-order valence-corrected chi connectivity index (χ3v) is 4.30. The predicted molar refractivity (Wildman–Crippen MR) is 82.6 cm³/mol. The molecule has 2 rings (SSSR count). The highest BCUT2D eigenvalue weighted by molar-refractivity contribution is 5.50. The first kappa shape index (κ1) is 15.2. The smallest absolute Gasteiger partial charge is 0.127 e. The zero-order chi connectivity index (χ0) is 14.6. The van der Waals surface area contributed by atoms with E-state index in [1.54, 1.807) is 7.11 Å². The van der Waals surface area contributed by atoms with E-state index in [1.807, 2.05) is 18.2 Å². The molecule has 3 nitrogen and oxygen atoms in total. The van der Waals surface area contributed by atoms with E-state index in [1.165, 1.54) is 24.8 Å². The first-order valence-electron chi connectivity index (χ1n) is 7.67. The molecule has 1 aromatic carbocycles. The Bertz CT molecular complexity index is 437. The van der Waals surface area contributed by atoms with Crippen LogP contribution < -0.4 is 15.2 Å². The summed E-state index contributed by atoms with van der Waals surface area (Å²) in [5.74, 6) is 1.85. The maximum Gasteiger partial charge on any atom is 0.127 e. The molecule has 2 N–H and O–H groups in total. The quantitative estimate of drug-likeness (QED) is 0.893. The van der Waals surface area contributed by atoms with E-state index in [4.69, 9.17) is 15.2 Å². The minimum absolute atomic E-state index is 0.00900. The average molecular weight is 277 g/mol. The van der Waals surface area contributed by atoms with Crippen molar-refractivity contribution in [1.82, 2.24) is 0 Å². The fourth-order valence-electron chi connectivity index (χ4n) is 3.34. The molecule has 0 radical (unpaired) electrons. The number of nitrogens with two attached hydrogens (primary N) is 1.